The van der Waals surface area contributed by atoms with E-state index in [-0.39, 0.29) is 12.5 Å². The molecule has 1 fully saturated rings. The minimum atomic E-state index is -1.56. The number of hydrogen-bond acceptors (Lipinski definition) is 8. The zero-order valence-corrected chi connectivity index (χ0v) is 27.0. The molecular formula is C34H63NO8. The highest BCUT2D eigenvalue weighted by atomic mass is 16.7. The first-order chi connectivity index (χ1) is 20.8. The molecule has 43 heavy (non-hydrogen) atoms. The Labute approximate surface area is 260 Å². The van der Waals surface area contributed by atoms with Crippen LogP contribution in [0.1, 0.15) is 129 Å². The Morgan fingerprint density at radius 1 is 0.767 bits per heavy atom. The van der Waals surface area contributed by atoms with Gasteiger partial charge in [-0.25, -0.2) is 0 Å². The summed E-state index contributed by atoms with van der Waals surface area (Å²) in [5.41, 5.74) is 0. The lowest BCUT2D eigenvalue weighted by atomic mass is 9.99. The number of carbonyl (C=O) groups excluding carboxylic acids is 1. The van der Waals surface area contributed by atoms with E-state index in [1.807, 2.05) is 6.08 Å². The van der Waals surface area contributed by atoms with Crippen molar-refractivity contribution < 1.29 is 39.8 Å². The van der Waals surface area contributed by atoms with Crippen molar-refractivity contribution >= 4 is 5.91 Å². The summed E-state index contributed by atoms with van der Waals surface area (Å²) in [5.74, 6) is -0.194. The monoisotopic (exact) mass is 613 g/mol. The second-order valence-corrected chi connectivity index (χ2v) is 12.0. The molecule has 1 heterocycles. The average molecular weight is 614 g/mol. The summed E-state index contributed by atoms with van der Waals surface area (Å²) >= 11 is 0. The minimum absolute atomic E-state index is 0.192. The molecule has 0 radical (unpaired) electrons. The Balaban J connectivity index is 2.48. The van der Waals surface area contributed by atoms with Crippen LogP contribution in [0.3, 0.4) is 0 Å². The van der Waals surface area contributed by atoms with E-state index in [4.69, 9.17) is 9.47 Å². The first kappa shape index (κ1) is 39.7. The summed E-state index contributed by atoms with van der Waals surface area (Å²) in [4.78, 5) is 12.7. The second-order valence-electron chi connectivity index (χ2n) is 12.0. The number of aliphatic hydroxyl groups excluding tert-OH is 5. The molecule has 1 saturated heterocycles. The molecule has 0 aromatic rings. The first-order valence-electron chi connectivity index (χ1n) is 17.1. The van der Waals surface area contributed by atoms with E-state index in [0.29, 0.717) is 6.42 Å². The molecule has 1 aliphatic heterocycles. The summed E-state index contributed by atoms with van der Waals surface area (Å²) in [7, 11) is 0. The van der Waals surface area contributed by atoms with Crippen LogP contribution in [0, 0.1) is 0 Å². The van der Waals surface area contributed by atoms with Crippen molar-refractivity contribution in [3.8, 4) is 0 Å². The number of nitrogens with one attached hydrogen (secondary N) is 1. The van der Waals surface area contributed by atoms with Crippen molar-refractivity contribution in [2.24, 2.45) is 0 Å². The quantitative estimate of drug-likeness (QED) is 0.0601. The number of rotatable bonds is 26. The van der Waals surface area contributed by atoms with Gasteiger partial charge < -0.3 is 40.3 Å². The van der Waals surface area contributed by atoms with E-state index in [2.05, 4.69) is 31.3 Å². The van der Waals surface area contributed by atoms with Crippen LogP contribution in [0.4, 0.5) is 0 Å². The highest BCUT2D eigenvalue weighted by molar-refractivity contribution is 5.76. The Morgan fingerprint density at radius 3 is 1.91 bits per heavy atom. The molecule has 252 valence electrons. The topological polar surface area (TPSA) is 149 Å². The lowest BCUT2D eigenvalue weighted by molar-refractivity contribution is -0.302. The SMILES string of the molecule is CCCCCC/C=C\CCCCCCCC(=O)NC(COC1OC(CO)C(O)C(O)C1O)C(O)/C=C/CCCCCCC. The summed E-state index contributed by atoms with van der Waals surface area (Å²) in [6.45, 7) is 3.65. The zero-order chi connectivity index (χ0) is 31.7. The molecule has 0 spiro atoms. The Hall–Kier alpha value is -1.33. The highest BCUT2D eigenvalue weighted by Gasteiger charge is 2.44. The van der Waals surface area contributed by atoms with Crippen LogP contribution >= 0.6 is 0 Å². The summed E-state index contributed by atoms with van der Waals surface area (Å²) in [5, 5.41) is 53.5. The number of allylic oxidation sites excluding steroid dienone is 3. The van der Waals surface area contributed by atoms with Gasteiger partial charge in [-0.2, -0.15) is 0 Å². The molecule has 0 aromatic carbocycles. The molecule has 7 atom stereocenters. The van der Waals surface area contributed by atoms with Crippen molar-refractivity contribution in [3.05, 3.63) is 24.3 Å². The van der Waals surface area contributed by atoms with Gasteiger partial charge >= 0.3 is 0 Å². The maximum absolute atomic E-state index is 12.7. The fourth-order valence-corrected chi connectivity index (χ4v) is 5.15. The molecule has 1 rings (SSSR count). The van der Waals surface area contributed by atoms with Gasteiger partial charge in [0, 0.05) is 6.42 Å². The van der Waals surface area contributed by atoms with Crippen molar-refractivity contribution in [1.29, 1.82) is 0 Å². The van der Waals surface area contributed by atoms with Crippen LogP contribution in [0.25, 0.3) is 0 Å². The molecule has 0 aromatic heterocycles. The van der Waals surface area contributed by atoms with Crippen LogP contribution in [-0.4, -0.2) is 87.5 Å². The number of hydrogen-bond donors (Lipinski definition) is 6. The standard InChI is InChI=1S/C34H63NO8/c1-3-5-7-9-11-12-13-14-15-16-18-20-22-24-30(38)35-27(28(37)23-21-19-17-10-8-6-4-2)26-42-34-33(41)32(40)31(39)29(25-36)43-34/h12-13,21,23,27-29,31-34,36-37,39-41H,3-11,14-20,22,24-26H2,1-2H3,(H,35,38)/b13-12-,23-21+. The molecular weight excluding hydrogens is 550 g/mol. The van der Waals surface area contributed by atoms with E-state index in [9.17, 15) is 30.3 Å². The van der Waals surface area contributed by atoms with Crippen LogP contribution in [0.2, 0.25) is 0 Å². The van der Waals surface area contributed by atoms with Crippen LogP contribution in [0.15, 0.2) is 24.3 Å². The fourth-order valence-electron chi connectivity index (χ4n) is 5.15. The maximum Gasteiger partial charge on any atom is 0.220 e. The summed E-state index contributed by atoms with van der Waals surface area (Å²) < 4.78 is 11.1. The molecule has 1 aliphatic rings. The summed E-state index contributed by atoms with van der Waals surface area (Å²) in [6, 6.07) is -0.801. The molecule has 1 amide bonds. The normalized spacial score (nSPS) is 24.1. The number of aliphatic hydroxyl groups is 5. The van der Waals surface area contributed by atoms with Gasteiger partial charge in [-0.3, -0.25) is 4.79 Å². The van der Waals surface area contributed by atoms with Gasteiger partial charge in [0.1, 0.15) is 24.4 Å². The number of unbranched alkanes of at least 4 members (excludes halogenated alkanes) is 14. The van der Waals surface area contributed by atoms with E-state index >= 15 is 0 Å². The lowest BCUT2D eigenvalue weighted by Crippen LogP contribution is -2.60. The molecule has 9 heteroatoms. The van der Waals surface area contributed by atoms with Gasteiger partial charge in [-0.05, 0) is 44.9 Å². The lowest BCUT2D eigenvalue weighted by Gasteiger charge is -2.40. The fraction of sp³-hybridized carbons (Fsp3) is 0.853. The van der Waals surface area contributed by atoms with Gasteiger partial charge in [0.25, 0.3) is 0 Å². The molecule has 6 N–H and O–H groups in total. The average Bonchev–Trinajstić information content (AvgIpc) is 3.00. The summed E-state index contributed by atoms with van der Waals surface area (Å²) in [6.07, 6.45) is 19.5. The molecule has 0 saturated carbocycles. The van der Waals surface area contributed by atoms with Crippen LogP contribution in [0.5, 0.6) is 0 Å². The number of ether oxygens (including phenoxy) is 2. The van der Waals surface area contributed by atoms with Crippen LogP contribution < -0.4 is 5.32 Å². The molecule has 0 aliphatic carbocycles. The maximum atomic E-state index is 12.7. The Kier molecular flexibility index (Phi) is 23.9. The van der Waals surface area contributed by atoms with Gasteiger partial charge in [0.15, 0.2) is 6.29 Å². The Bertz CT molecular complexity index is 731. The van der Waals surface area contributed by atoms with Crippen molar-refractivity contribution in [2.75, 3.05) is 13.2 Å². The van der Waals surface area contributed by atoms with Gasteiger partial charge in [-0.1, -0.05) is 102 Å². The third-order valence-corrected chi connectivity index (χ3v) is 8.02. The van der Waals surface area contributed by atoms with Crippen molar-refractivity contribution in [1.82, 2.24) is 5.32 Å². The number of carbonyl (C=O) groups is 1. The minimum Gasteiger partial charge on any atom is -0.394 e. The van der Waals surface area contributed by atoms with Gasteiger partial charge in [-0.15, -0.1) is 0 Å². The third kappa shape index (κ3) is 18.3. The second kappa shape index (κ2) is 25.9. The smallest absolute Gasteiger partial charge is 0.220 e. The molecule has 9 nitrogen and oxygen atoms in total. The predicted octanol–water partition coefficient (Wildman–Crippen LogP) is 4.82. The van der Waals surface area contributed by atoms with Crippen molar-refractivity contribution in [3.63, 3.8) is 0 Å². The van der Waals surface area contributed by atoms with Gasteiger partial charge in [0.2, 0.25) is 5.91 Å². The van der Waals surface area contributed by atoms with E-state index in [0.717, 1.165) is 57.8 Å². The van der Waals surface area contributed by atoms with E-state index < -0.39 is 49.5 Å². The van der Waals surface area contributed by atoms with Gasteiger partial charge in [0.05, 0.1) is 25.4 Å². The predicted molar refractivity (Wildman–Crippen MR) is 170 cm³/mol. The first-order valence-corrected chi connectivity index (χ1v) is 17.1. The largest absolute Gasteiger partial charge is 0.394 e. The van der Waals surface area contributed by atoms with E-state index in [1.54, 1.807) is 6.08 Å². The third-order valence-electron chi connectivity index (χ3n) is 8.02. The highest BCUT2D eigenvalue weighted by Crippen LogP contribution is 2.22. The Morgan fingerprint density at radius 2 is 1.30 bits per heavy atom. The zero-order valence-electron chi connectivity index (χ0n) is 27.0. The van der Waals surface area contributed by atoms with E-state index in [1.165, 1.54) is 51.4 Å². The van der Waals surface area contributed by atoms with Crippen LogP contribution in [-0.2, 0) is 14.3 Å². The van der Waals surface area contributed by atoms with Crippen molar-refractivity contribution in [2.45, 2.75) is 172 Å². The number of amides is 1. The molecule has 7 unspecified atom stereocenters. The molecule has 0 bridgehead atoms.